The summed E-state index contributed by atoms with van der Waals surface area (Å²) in [6.45, 7) is 0. The molecular weight excluding hydrogens is 624 g/mol. The van der Waals surface area contributed by atoms with Crippen molar-refractivity contribution >= 4 is 11.9 Å². The molecule has 8 rings (SSSR count). The van der Waals surface area contributed by atoms with Crippen molar-refractivity contribution < 1.29 is 29.3 Å². The lowest BCUT2D eigenvalue weighted by molar-refractivity contribution is -0.147. The summed E-state index contributed by atoms with van der Waals surface area (Å²) in [6.07, 6.45) is 0.447. The lowest BCUT2D eigenvalue weighted by Crippen LogP contribution is -2.33. The topological polar surface area (TPSA) is 93.1 Å². The minimum absolute atomic E-state index is 0.182. The highest BCUT2D eigenvalue weighted by molar-refractivity contribution is 5.77. The van der Waals surface area contributed by atoms with Crippen LogP contribution in [0, 0.1) is 0 Å². The number of carbonyl (C=O) groups excluding carboxylic acids is 2. The van der Waals surface area contributed by atoms with E-state index in [2.05, 4.69) is 0 Å². The van der Waals surface area contributed by atoms with Gasteiger partial charge < -0.3 is 19.7 Å². The van der Waals surface area contributed by atoms with E-state index in [0.717, 1.165) is 33.4 Å². The first-order valence-corrected chi connectivity index (χ1v) is 16.6. The number of aromatic hydroxyl groups is 2. The Bertz CT molecular complexity index is 1850. The zero-order valence-electron chi connectivity index (χ0n) is 27.3. The minimum Gasteiger partial charge on any atom is -0.508 e. The van der Waals surface area contributed by atoms with E-state index in [4.69, 9.17) is 9.47 Å². The van der Waals surface area contributed by atoms with Crippen molar-refractivity contribution in [2.45, 2.75) is 35.9 Å². The van der Waals surface area contributed by atoms with E-state index in [1.807, 2.05) is 146 Å². The molecule has 0 amide bonds. The van der Waals surface area contributed by atoms with Gasteiger partial charge in [0.25, 0.3) is 0 Å². The van der Waals surface area contributed by atoms with E-state index in [0.29, 0.717) is 0 Å². The van der Waals surface area contributed by atoms with Crippen molar-refractivity contribution in [2.24, 2.45) is 0 Å². The molecule has 248 valence electrons. The summed E-state index contributed by atoms with van der Waals surface area (Å²) in [7, 11) is 0. The Morgan fingerprint density at radius 3 is 0.940 bits per heavy atom. The molecule has 2 N–H and O–H groups in total. The van der Waals surface area contributed by atoms with Gasteiger partial charge in [-0.25, -0.2) is 0 Å². The van der Waals surface area contributed by atoms with Crippen LogP contribution < -0.4 is 0 Å². The summed E-state index contributed by atoms with van der Waals surface area (Å²) in [5, 5.41) is 20.8. The maximum Gasteiger partial charge on any atom is 0.307 e. The molecule has 6 heteroatoms. The number of carbonyl (C=O) groups is 2. The van der Waals surface area contributed by atoms with E-state index in [-0.39, 0.29) is 48.1 Å². The van der Waals surface area contributed by atoms with Crippen LogP contribution in [0.2, 0.25) is 0 Å². The molecule has 0 spiro atoms. The van der Waals surface area contributed by atoms with Crippen LogP contribution in [0.15, 0.2) is 170 Å². The average molecular weight is 661 g/mol. The fraction of sp³-hybridized carbons (Fsp3) is 0.136. The smallest absolute Gasteiger partial charge is 0.307 e. The largest absolute Gasteiger partial charge is 0.508 e. The van der Waals surface area contributed by atoms with E-state index >= 15 is 0 Å². The van der Waals surface area contributed by atoms with E-state index in [9.17, 15) is 19.8 Å². The molecule has 2 heterocycles. The summed E-state index contributed by atoms with van der Waals surface area (Å²) >= 11 is 0. The number of phenolic OH excluding ortho intramolecular Hbond substituents is 2. The van der Waals surface area contributed by atoms with Gasteiger partial charge in [-0.3, -0.25) is 9.59 Å². The quantitative estimate of drug-likeness (QED) is 0.174. The molecule has 6 nitrogen and oxygen atoms in total. The van der Waals surface area contributed by atoms with Gasteiger partial charge in [0.05, 0.1) is 12.8 Å². The van der Waals surface area contributed by atoms with Gasteiger partial charge in [0.1, 0.15) is 11.5 Å². The van der Waals surface area contributed by atoms with E-state index < -0.39 is 11.2 Å². The van der Waals surface area contributed by atoms with E-state index in [1.54, 1.807) is 24.3 Å². The number of phenols is 2. The molecule has 2 fully saturated rings. The third-order valence-electron chi connectivity index (χ3n) is 9.71. The zero-order valence-corrected chi connectivity index (χ0v) is 27.3. The van der Waals surface area contributed by atoms with Crippen molar-refractivity contribution in [3.8, 4) is 11.5 Å². The number of esters is 2. The molecule has 6 aromatic carbocycles. The van der Waals surface area contributed by atoms with Gasteiger partial charge in [-0.2, -0.15) is 0 Å². The lowest BCUT2D eigenvalue weighted by Gasteiger charge is -2.35. The Labute approximate surface area is 291 Å². The van der Waals surface area contributed by atoms with Gasteiger partial charge in [0.15, 0.2) is 11.2 Å². The fourth-order valence-corrected chi connectivity index (χ4v) is 7.54. The van der Waals surface area contributed by atoms with Crippen molar-refractivity contribution in [2.75, 3.05) is 0 Å². The van der Waals surface area contributed by atoms with Crippen molar-refractivity contribution in [1.29, 1.82) is 0 Å². The first-order valence-electron chi connectivity index (χ1n) is 16.6. The predicted octanol–water partition coefficient (Wildman–Crippen LogP) is 8.73. The average Bonchev–Trinajstić information content (AvgIpc) is 3.71. The molecule has 0 radical (unpaired) electrons. The third-order valence-corrected chi connectivity index (χ3v) is 9.71. The van der Waals surface area contributed by atoms with Crippen LogP contribution >= 0.6 is 0 Å². The second-order valence-corrected chi connectivity index (χ2v) is 12.5. The van der Waals surface area contributed by atoms with Crippen LogP contribution in [0.3, 0.4) is 0 Å². The van der Waals surface area contributed by atoms with E-state index in [1.165, 1.54) is 0 Å². The molecule has 2 saturated heterocycles. The molecular formula is C44H36O6. The Hall–Kier alpha value is -6.14. The molecule has 6 aromatic rings. The van der Waals surface area contributed by atoms with Crippen LogP contribution in [0.4, 0.5) is 0 Å². The normalized spacial score (nSPS) is 18.7. The molecule has 50 heavy (non-hydrogen) atoms. The fourth-order valence-electron chi connectivity index (χ4n) is 7.54. The Morgan fingerprint density at radius 1 is 0.400 bits per heavy atom. The van der Waals surface area contributed by atoms with Gasteiger partial charge in [-0.1, -0.05) is 158 Å². The first-order chi connectivity index (χ1) is 24.4. The highest BCUT2D eigenvalue weighted by Gasteiger charge is 2.54. The number of cyclic esters (lactones) is 2. The van der Waals surface area contributed by atoms with Crippen LogP contribution in [0.1, 0.15) is 58.1 Å². The van der Waals surface area contributed by atoms with Crippen LogP contribution in [-0.2, 0) is 30.3 Å². The van der Waals surface area contributed by atoms with Crippen LogP contribution in [0.5, 0.6) is 11.5 Å². The highest BCUT2D eigenvalue weighted by atomic mass is 16.6. The minimum atomic E-state index is -0.946. The molecule has 0 bridgehead atoms. The van der Waals surface area contributed by atoms with Crippen molar-refractivity contribution in [1.82, 2.24) is 0 Å². The molecule has 2 aliphatic heterocycles. The number of rotatable bonds is 6. The van der Waals surface area contributed by atoms with Gasteiger partial charge in [0.2, 0.25) is 0 Å². The summed E-state index contributed by atoms with van der Waals surface area (Å²) in [6, 6.07) is 53.4. The summed E-state index contributed by atoms with van der Waals surface area (Å²) in [5.41, 5.74) is 3.17. The van der Waals surface area contributed by atoms with Gasteiger partial charge in [-0.15, -0.1) is 0 Å². The van der Waals surface area contributed by atoms with Crippen molar-refractivity contribution in [3.63, 3.8) is 0 Å². The SMILES string of the molecule is O=C1C[C@H](c2ccccc2O)C(c2ccccc2)(c2ccccc2)O1.O=C1C[C@H](c2ccccc2O)C(c2ccccc2)(c2ccccc2)O1. The highest BCUT2D eigenvalue weighted by Crippen LogP contribution is 2.55. The van der Waals surface area contributed by atoms with Crippen LogP contribution in [-0.4, -0.2) is 22.2 Å². The predicted molar refractivity (Wildman–Crippen MR) is 190 cm³/mol. The van der Waals surface area contributed by atoms with Crippen LogP contribution in [0.25, 0.3) is 0 Å². The summed E-state index contributed by atoms with van der Waals surface area (Å²) in [4.78, 5) is 24.8. The Balaban J connectivity index is 0.000000157. The zero-order chi connectivity index (χ0) is 34.6. The number of benzene rings is 6. The van der Waals surface area contributed by atoms with Gasteiger partial charge in [0, 0.05) is 45.2 Å². The standard InChI is InChI=1S/2C22H18O3/c2*23-20-14-8-7-13-18(20)19-15-21(24)25-22(19,16-9-3-1-4-10-16)17-11-5-2-6-12-17/h2*1-14,19,23H,15H2/t2*19-/m11/s1. The molecule has 0 aliphatic carbocycles. The monoisotopic (exact) mass is 660 g/mol. The second kappa shape index (κ2) is 13.8. The summed E-state index contributed by atoms with van der Waals surface area (Å²) in [5.74, 6) is -0.761. The second-order valence-electron chi connectivity index (χ2n) is 12.5. The molecule has 0 saturated carbocycles. The Kier molecular flexibility index (Phi) is 8.92. The molecule has 2 atom stereocenters. The lowest BCUT2D eigenvalue weighted by atomic mass is 9.73. The molecule has 2 aliphatic rings. The number of hydrogen-bond donors (Lipinski definition) is 2. The maximum atomic E-state index is 12.4. The Morgan fingerprint density at radius 2 is 0.660 bits per heavy atom. The van der Waals surface area contributed by atoms with Crippen molar-refractivity contribution in [3.05, 3.63) is 203 Å². The van der Waals surface area contributed by atoms with Gasteiger partial charge in [-0.05, 0) is 12.1 Å². The first kappa shape index (κ1) is 32.4. The molecule has 0 aromatic heterocycles. The third kappa shape index (κ3) is 5.79. The maximum absolute atomic E-state index is 12.4. The summed E-state index contributed by atoms with van der Waals surface area (Å²) < 4.78 is 12.0. The number of hydrogen-bond acceptors (Lipinski definition) is 6. The number of ether oxygens (including phenoxy) is 2. The van der Waals surface area contributed by atoms with Gasteiger partial charge >= 0.3 is 11.9 Å². The molecule has 0 unspecified atom stereocenters. The number of para-hydroxylation sites is 2.